The second-order valence-corrected chi connectivity index (χ2v) is 7.39. The average molecular weight is 357 g/mol. The standard InChI is InChI=1S/C19H33FN2OS/c1-5-7-8-12-21(6-2)13-14-22-17(4)18(24-19(22)23)15-16(3)10-9-11-20/h15H,5-14H2,1-4H3/b16-15+. The summed E-state index contributed by atoms with van der Waals surface area (Å²) in [5, 5.41) is 0. The van der Waals surface area contributed by atoms with Gasteiger partial charge in [-0.15, -0.1) is 0 Å². The summed E-state index contributed by atoms with van der Waals surface area (Å²) in [6.45, 7) is 11.9. The summed E-state index contributed by atoms with van der Waals surface area (Å²) >= 11 is 1.30. The normalized spacial score (nSPS) is 12.3. The first-order valence-corrected chi connectivity index (χ1v) is 10.0. The van der Waals surface area contributed by atoms with Crippen molar-refractivity contribution in [2.75, 3.05) is 26.3 Å². The molecule has 1 aromatic rings. The van der Waals surface area contributed by atoms with E-state index in [4.69, 9.17) is 0 Å². The summed E-state index contributed by atoms with van der Waals surface area (Å²) in [6, 6.07) is 0. The first-order valence-electron chi connectivity index (χ1n) is 9.19. The van der Waals surface area contributed by atoms with Crippen LogP contribution >= 0.6 is 11.3 Å². The van der Waals surface area contributed by atoms with E-state index in [2.05, 4.69) is 18.7 Å². The van der Waals surface area contributed by atoms with Crippen LogP contribution in [0.15, 0.2) is 10.4 Å². The molecule has 0 radical (unpaired) electrons. The van der Waals surface area contributed by atoms with E-state index in [1.54, 1.807) is 0 Å². The van der Waals surface area contributed by atoms with Crippen LogP contribution in [0.1, 0.15) is 63.4 Å². The molecule has 0 atom stereocenters. The highest BCUT2D eigenvalue weighted by Gasteiger charge is 2.11. The molecule has 1 aromatic heterocycles. The maximum Gasteiger partial charge on any atom is 0.307 e. The molecule has 0 N–H and O–H groups in total. The Balaban J connectivity index is 2.70. The van der Waals surface area contributed by atoms with Gasteiger partial charge in [-0.3, -0.25) is 9.18 Å². The highest BCUT2D eigenvalue weighted by molar-refractivity contribution is 7.10. The smallest absolute Gasteiger partial charge is 0.302 e. The number of unbranched alkanes of at least 4 members (excludes halogenated alkanes) is 2. The van der Waals surface area contributed by atoms with E-state index in [1.165, 1.54) is 30.6 Å². The van der Waals surface area contributed by atoms with Gasteiger partial charge in [0.1, 0.15) is 0 Å². The van der Waals surface area contributed by atoms with Gasteiger partial charge in [0.2, 0.25) is 0 Å². The molecule has 0 fully saturated rings. The van der Waals surface area contributed by atoms with Crippen molar-refractivity contribution >= 4 is 17.4 Å². The second kappa shape index (κ2) is 11.6. The number of alkyl halides is 1. The van der Waals surface area contributed by atoms with E-state index in [-0.39, 0.29) is 11.5 Å². The fourth-order valence-corrected chi connectivity index (χ4v) is 3.83. The number of nitrogens with zero attached hydrogens (tertiary/aromatic N) is 2. The Bertz CT molecular complexity index is 562. The number of thiazole rings is 1. The zero-order chi connectivity index (χ0) is 17.9. The third-order valence-electron chi connectivity index (χ3n) is 4.43. The molecule has 0 spiro atoms. The van der Waals surface area contributed by atoms with Crippen molar-refractivity contribution in [3.05, 3.63) is 25.8 Å². The first kappa shape index (κ1) is 21.1. The third-order valence-corrected chi connectivity index (χ3v) is 5.45. The quantitative estimate of drug-likeness (QED) is 0.499. The maximum absolute atomic E-state index is 12.3. The minimum absolute atomic E-state index is 0.113. The van der Waals surface area contributed by atoms with Crippen LogP contribution < -0.4 is 4.87 Å². The summed E-state index contributed by atoms with van der Waals surface area (Å²) in [5.41, 5.74) is 2.17. The van der Waals surface area contributed by atoms with Gasteiger partial charge in [0, 0.05) is 18.8 Å². The van der Waals surface area contributed by atoms with E-state index in [9.17, 15) is 9.18 Å². The highest BCUT2D eigenvalue weighted by atomic mass is 32.1. The summed E-state index contributed by atoms with van der Waals surface area (Å²) in [4.78, 5) is 15.8. The van der Waals surface area contributed by atoms with Gasteiger partial charge < -0.3 is 9.47 Å². The number of likely N-dealkylation sites (N-methyl/N-ethyl adjacent to an activating group) is 1. The van der Waals surface area contributed by atoms with Crippen LogP contribution in [-0.4, -0.2) is 35.8 Å². The van der Waals surface area contributed by atoms with Gasteiger partial charge in [-0.25, -0.2) is 0 Å². The van der Waals surface area contributed by atoms with Gasteiger partial charge >= 0.3 is 4.87 Å². The van der Waals surface area contributed by atoms with Crippen LogP contribution in [0.5, 0.6) is 0 Å². The Morgan fingerprint density at radius 3 is 2.62 bits per heavy atom. The van der Waals surface area contributed by atoms with Crippen LogP contribution in [0.25, 0.3) is 6.08 Å². The number of aromatic nitrogens is 1. The van der Waals surface area contributed by atoms with Crippen molar-refractivity contribution in [2.45, 2.75) is 66.3 Å². The lowest BCUT2D eigenvalue weighted by Gasteiger charge is -2.20. The summed E-state index contributed by atoms with van der Waals surface area (Å²) in [6.07, 6.45) is 7.08. The van der Waals surface area contributed by atoms with Crippen molar-refractivity contribution in [1.29, 1.82) is 0 Å². The van der Waals surface area contributed by atoms with E-state index in [0.29, 0.717) is 6.42 Å². The van der Waals surface area contributed by atoms with E-state index >= 15 is 0 Å². The molecule has 0 aromatic carbocycles. The molecule has 138 valence electrons. The Labute approximate surface area is 150 Å². The first-order chi connectivity index (χ1) is 11.5. The Hall–Kier alpha value is -0.940. The van der Waals surface area contributed by atoms with Crippen LogP contribution in [0, 0.1) is 6.92 Å². The van der Waals surface area contributed by atoms with E-state index < -0.39 is 0 Å². The van der Waals surface area contributed by atoms with Crippen molar-refractivity contribution < 1.29 is 4.39 Å². The molecule has 24 heavy (non-hydrogen) atoms. The number of rotatable bonds is 12. The zero-order valence-corrected chi connectivity index (χ0v) is 16.6. The van der Waals surface area contributed by atoms with Gasteiger partial charge in [0.25, 0.3) is 0 Å². The van der Waals surface area contributed by atoms with Crippen LogP contribution in [0.4, 0.5) is 4.39 Å². The van der Waals surface area contributed by atoms with E-state index in [0.717, 1.165) is 48.7 Å². The molecule has 0 unspecified atom stereocenters. The van der Waals surface area contributed by atoms with Crippen molar-refractivity contribution in [1.82, 2.24) is 9.47 Å². The van der Waals surface area contributed by atoms with Crippen LogP contribution in [0.3, 0.4) is 0 Å². The molecule has 0 saturated heterocycles. The van der Waals surface area contributed by atoms with Crippen LogP contribution in [-0.2, 0) is 6.54 Å². The number of halogens is 1. The van der Waals surface area contributed by atoms with E-state index in [1.807, 2.05) is 24.5 Å². The molecule has 1 rings (SSSR count). The summed E-state index contributed by atoms with van der Waals surface area (Å²) in [7, 11) is 0. The van der Waals surface area contributed by atoms with Gasteiger partial charge in [-0.1, -0.05) is 43.6 Å². The molecule has 1 heterocycles. The second-order valence-electron chi connectivity index (χ2n) is 6.39. The molecule has 0 amide bonds. The van der Waals surface area contributed by atoms with Gasteiger partial charge in [-0.2, -0.15) is 0 Å². The third kappa shape index (κ3) is 6.89. The Morgan fingerprint density at radius 2 is 2.00 bits per heavy atom. The van der Waals surface area contributed by atoms with Crippen molar-refractivity contribution in [3.63, 3.8) is 0 Å². The molecule has 0 aliphatic rings. The molecule has 0 aliphatic carbocycles. The minimum Gasteiger partial charge on any atom is -0.302 e. The fraction of sp³-hybridized carbons (Fsp3) is 0.737. The lowest BCUT2D eigenvalue weighted by Crippen LogP contribution is -2.30. The molecular weight excluding hydrogens is 323 g/mol. The van der Waals surface area contributed by atoms with Crippen molar-refractivity contribution in [2.24, 2.45) is 0 Å². The molecule has 3 nitrogen and oxygen atoms in total. The number of hydrogen-bond donors (Lipinski definition) is 0. The van der Waals surface area contributed by atoms with Crippen molar-refractivity contribution in [3.8, 4) is 0 Å². The Kier molecular flexibility index (Phi) is 10.2. The summed E-state index contributed by atoms with van der Waals surface area (Å²) < 4.78 is 14.2. The van der Waals surface area contributed by atoms with Gasteiger partial charge in [-0.05, 0) is 52.3 Å². The van der Waals surface area contributed by atoms with Gasteiger partial charge in [0.15, 0.2) is 0 Å². The predicted octanol–water partition coefficient (Wildman–Crippen LogP) is 4.88. The molecule has 5 heteroatoms. The average Bonchev–Trinajstić information content (AvgIpc) is 2.82. The minimum atomic E-state index is -0.285. The predicted molar refractivity (Wildman–Crippen MR) is 104 cm³/mol. The number of allylic oxidation sites excluding steroid dienone is 1. The SMILES string of the molecule is CCCCCN(CC)CCn1c(C)c(/C=C(\C)CCCF)sc1=O. The monoisotopic (exact) mass is 356 g/mol. The zero-order valence-electron chi connectivity index (χ0n) is 15.7. The summed E-state index contributed by atoms with van der Waals surface area (Å²) in [5.74, 6) is 0. The molecular formula is C19H33FN2OS. The number of hydrogen-bond acceptors (Lipinski definition) is 3. The lowest BCUT2D eigenvalue weighted by molar-refractivity contribution is 0.269. The molecule has 0 saturated carbocycles. The lowest BCUT2D eigenvalue weighted by atomic mass is 10.1. The maximum atomic E-state index is 12.3. The highest BCUT2D eigenvalue weighted by Crippen LogP contribution is 2.18. The topological polar surface area (TPSA) is 25.2 Å². The molecule has 0 aliphatic heterocycles. The van der Waals surface area contributed by atoms with Crippen LogP contribution in [0.2, 0.25) is 0 Å². The fourth-order valence-electron chi connectivity index (χ4n) is 2.78. The molecule has 0 bridgehead atoms. The van der Waals surface area contributed by atoms with Gasteiger partial charge in [0.05, 0.1) is 11.6 Å². The Morgan fingerprint density at radius 1 is 1.25 bits per heavy atom. The largest absolute Gasteiger partial charge is 0.307 e.